The summed E-state index contributed by atoms with van der Waals surface area (Å²) in [5.74, 6) is 0.0317. The Balaban J connectivity index is 1.76. The van der Waals surface area contributed by atoms with Crippen LogP contribution in [0.5, 0.6) is 0 Å². The number of hydrogen-bond acceptors (Lipinski definition) is 5. The molecule has 2 aromatic carbocycles. The smallest absolute Gasteiger partial charge is 0.279 e. The molecule has 0 aliphatic carbocycles. The average Bonchev–Trinajstić information content (AvgIpc) is 3.35. The minimum atomic E-state index is -0.358. The van der Waals surface area contributed by atoms with Crippen LogP contribution in [0.2, 0.25) is 5.02 Å². The second kappa shape index (κ2) is 6.77. The van der Waals surface area contributed by atoms with Crippen LogP contribution in [0.1, 0.15) is 19.9 Å². The molecular weight excluding hydrogens is 409 g/mol. The first-order valence-electron chi connectivity index (χ1n) is 9.25. The maximum Gasteiger partial charge on any atom is 0.279 e. The van der Waals surface area contributed by atoms with Crippen LogP contribution in [0.4, 0.5) is 4.39 Å². The molecule has 0 saturated heterocycles. The molecule has 5 rings (SSSR count). The highest BCUT2D eigenvalue weighted by molar-refractivity contribution is 6.31. The van der Waals surface area contributed by atoms with Gasteiger partial charge < -0.3 is 9.09 Å². The van der Waals surface area contributed by atoms with E-state index in [9.17, 15) is 9.18 Å². The van der Waals surface area contributed by atoms with Gasteiger partial charge in [-0.25, -0.2) is 9.37 Å². The standard InChI is InChI=1S/C21H15ClFN5O2/c1-11(2)28-16-9-13(22)5-8-15(16)27-10-24-17(18(27)21(28)29)20-25-19(26-30-20)12-3-6-14(23)7-4-12/h3-11H,1-2H3. The Morgan fingerprint density at radius 3 is 2.60 bits per heavy atom. The lowest BCUT2D eigenvalue weighted by Gasteiger charge is -2.15. The lowest BCUT2D eigenvalue weighted by Crippen LogP contribution is -2.24. The van der Waals surface area contributed by atoms with Gasteiger partial charge in [0, 0.05) is 16.6 Å². The van der Waals surface area contributed by atoms with E-state index >= 15 is 0 Å². The van der Waals surface area contributed by atoms with E-state index in [-0.39, 0.29) is 34.8 Å². The largest absolute Gasteiger partial charge is 0.332 e. The van der Waals surface area contributed by atoms with Crippen LogP contribution < -0.4 is 5.56 Å². The SMILES string of the molecule is CC(C)n1c(=O)c2c(-c3nc(-c4ccc(F)cc4)no3)ncn2c2ccc(Cl)cc21. The summed E-state index contributed by atoms with van der Waals surface area (Å²) in [4.78, 5) is 22.1. The van der Waals surface area contributed by atoms with Gasteiger partial charge >= 0.3 is 0 Å². The lowest BCUT2D eigenvalue weighted by atomic mass is 10.2. The maximum atomic E-state index is 13.4. The molecule has 0 amide bonds. The van der Waals surface area contributed by atoms with Gasteiger partial charge in [-0.3, -0.25) is 9.20 Å². The average molecular weight is 424 g/mol. The van der Waals surface area contributed by atoms with Crippen LogP contribution >= 0.6 is 11.6 Å². The highest BCUT2D eigenvalue weighted by atomic mass is 35.5. The Morgan fingerprint density at radius 2 is 1.87 bits per heavy atom. The molecule has 3 heterocycles. The van der Waals surface area contributed by atoms with Gasteiger partial charge in [-0.1, -0.05) is 16.8 Å². The number of imidazole rings is 1. The van der Waals surface area contributed by atoms with Gasteiger partial charge in [0.15, 0.2) is 5.69 Å². The number of benzene rings is 2. The second-order valence-corrected chi connectivity index (χ2v) is 7.58. The van der Waals surface area contributed by atoms with E-state index in [0.717, 1.165) is 5.52 Å². The Hall–Kier alpha value is -3.52. The molecule has 0 unspecified atom stereocenters. The predicted octanol–water partition coefficient (Wildman–Crippen LogP) is 4.74. The molecule has 0 aliphatic rings. The second-order valence-electron chi connectivity index (χ2n) is 7.14. The number of fused-ring (bicyclic) bond motifs is 3. The molecular formula is C21H15ClFN5O2. The lowest BCUT2D eigenvalue weighted by molar-refractivity contribution is 0.431. The Kier molecular flexibility index (Phi) is 4.18. The summed E-state index contributed by atoms with van der Waals surface area (Å²) < 4.78 is 21.9. The summed E-state index contributed by atoms with van der Waals surface area (Å²) >= 11 is 6.17. The molecule has 0 atom stereocenters. The molecule has 0 aliphatic heterocycles. The third-order valence-electron chi connectivity index (χ3n) is 4.89. The third-order valence-corrected chi connectivity index (χ3v) is 5.13. The molecule has 0 fully saturated rings. The number of halogens is 2. The van der Waals surface area contributed by atoms with Crippen LogP contribution in [0, 0.1) is 5.82 Å². The monoisotopic (exact) mass is 423 g/mol. The van der Waals surface area contributed by atoms with E-state index < -0.39 is 0 Å². The first kappa shape index (κ1) is 18.5. The quantitative estimate of drug-likeness (QED) is 0.419. The van der Waals surface area contributed by atoms with Crippen molar-refractivity contribution in [3.63, 3.8) is 0 Å². The first-order valence-corrected chi connectivity index (χ1v) is 9.62. The van der Waals surface area contributed by atoms with Crippen LogP contribution in [0.3, 0.4) is 0 Å². The molecule has 0 spiro atoms. The molecule has 5 aromatic rings. The van der Waals surface area contributed by atoms with Crippen molar-refractivity contribution in [1.29, 1.82) is 0 Å². The molecule has 9 heteroatoms. The van der Waals surface area contributed by atoms with Gasteiger partial charge in [0.2, 0.25) is 5.82 Å². The minimum Gasteiger partial charge on any atom is -0.332 e. The van der Waals surface area contributed by atoms with Crippen LogP contribution in [-0.2, 0) is 0 Å². The number of aromatic nitrogens is 5. The van der Waals surface area contributed by atoms with Gasteiger partial charge in [-0.15, -0.1) is 0 Å². The Morgan fingerprint density at radius 1 is 1.10 bits per heavy atom. The van der Waals surface area contributed by atoms with Gasteiger partial charge in [0.25, 0.3) is 11.4 Å². The highest BCUT2D eigenvalue weighted by Gasteiger charge is 2.22. The van der Waals surface area contributed by atoms with E-state index in [1.165, 1.54) is 12.1 Å². The van der Waals surface area contributed by atoms with Crippen molar-refractivity contribution in [2.75, 3.05) is 0 Å². The summed E-state index contributed by atoms with van der Waals surface area (Å²) in [7, 11) is 0. The van der Waals surface area contributed by atoms with E-state index in [4.69, 9.17) is 16.1 Å². The van der Waals surface area contributed by atoms with Gasteiger partial charge in [-0.2, -0.15) is 4.98 Å². The summed E-state index contributed by atoms with van der Waals surface area (Å²) in [5, 5.41) is 4.49. The van der Waals surface area contributed by atoms with Crippen LogP contribution in [-0.4, -0.2) is 24.1 Å². The minimum absolute atomic E-state index is 0.108. The molecule has 0 bridgehead atoms. The number of nitrogens with zero attached hydrogens (tertiary/aromatic N) is 5. The molecule has 30 heavy (non-hydrogen) atoms. The van der Waals surface area contributed by atoms with Crippen molar-refractivity contribution in [3.8, 4) is 23.0 Å². The fourth-order valence-electron chi connectivity index (χ4n) is 3.56. The van der Waals surface area contributed by atoms with Crippen molar-refractivity contribution in [3.05, 3.63) is 70.0 Å². The molecule has 3 aromatic heterocycles. The molecule has 0 radical (unpaired) electrons. The van der Waals surface area contributed by atoms with Crippen molar-refractivity contribution in [2.24, 2.45) is 0 Å². The van der Waals surface area contributed by atoms with Crippen molar-refractivity contribution < 1.29 is 8.91 Å². The highest BCUT2D eigenvalue weighted by Crippen LogP contribution is 2.27. The van der Waals surface area contributed by atoms with Gasteiger partial charge in [0.05, 0.1) is 11.0 Å². The summed E-state index contributed by atoms with van der Waals surface area (Å²) in [5.41, 5.74) is 2.44. The zero-order valence-corrected chi connectivity index (χ0v) is 16.8. The van der Waals surface area contributed by atoms with Crippen molar-refractivity contribution >= 4 is 28.2 Å². The fourth-order valence-corrected chi connectivity index (χ4v) is 3.72. The summed E-state index contributed by atoms with van der Waals surface area (Å²) in [6, 6.07) is 11.0. The number of hydrogen-bond donors (Lipinski definition) is 0. The number of rotatable bonds is 3. The third kappa shape index (κ3) is 2.80. The van der Waals surface area contributed by atoms with Crippen LogP contribution in [0.25, 0.3) is 39.5 Å². The Labute approximate surface area is 174 Å². The molecule has 0 N–H and O–H groups in total. The Bertz CT molecular complexity index is 1470. The zero-order chi connectivity index (χ0) is 21.0. The summed E-state index contributed by atoms with van der Waals surface area (Å²) in [6.07, 6.45) is 1.55. The fraction of sp³-hybridized carbons (Fsp3) is 0.143. The summed E-state index contributed by atoms with van der Waals surface area (Å²) in [6.45, 7) is 3.85. The normalized spacial score (nSPS) is 11.8. The van der Waals surface area contributed by atoms with E-state index in [1.54, 1.807) is 39.6 Å². The van der Waals surface area contributed by atoms with Crippen molar-refractivity contribution in [2.45, 2.75) is 19.9 Å². The maximum absolute atomic E-state index is 13.4. The van der Waals surface area contributed by atoms with E-state index in [1.807, 2.05) is 19.9 Å². The molecule has 7 nitrogen and oxygen atoms in total. The predicted molar refractivity (Wildman–Crippen MR) is 111 cm³/mol. The molecule has 150 valence electrons. The van der Waals surface area contributed by atoms with Crippen molar-refractivity contribution in [1.82, 2.24) is 24.1 Å². The molecule has 0 saturated carbocycles. The first-order chi connectivity index (χ1) is 14.4. The van der Waals surface area contributed by atoms with Gasteiger partial charge in [0.1, 0.15) is 17.7 Å². The zero-order valence-electron chi connectivity index (χ0n) is 16.0. The topological polar surface area (TPSA) is 78.2 Å². The van der Waals surface area contributed by atoms with E-state index in [0.29, 0.717) is 21.6 Å². The van der Waals surface area contributed by atoms with E-state index in [2.05, 4.69) is 15.1 Å². The van der Waals surface area contributed by atoms with Crippen LogP contribution in [0.15, 0.2) is 58.1 Å². The van der Waals surface area contributed by atoms with Gasteiger partial charge in [-0.05, 0) is 56.3 Å².